The van der Waals surface area contributed by atoms with Gasteiger partial charge in [0.25, 0.3) is 10.1 Å². The zero-order chi connectivity index (χ0) is 28.0. The molecule has 2 heterocycles. The Morgan fingerprint density at radius 3 is 2.31 bits per heavy atom. The number of rotatable bonds is 10. The van der Waals surface area contributed by atoms with E-state index in [1.165, 1.54) is 0 Å². The predicted molar refractivity (Wildman–Crippen MR) is 152 cm³/mol. The molecule has 2 saturated heterocycles. The van der Waals surface area contributed by atoms with E-state index in [4.69, 9.17) is 32.8 Å². The summed E-state index contributed by atoms with van der Waals surface area (Å²) in [4.78, 5) is 22.1. The molecular weight excluding hydrogens is 563 g/mol. The molecule has 8 nitrogen and oxygen atoms in total. The smallest absolute Gasteiger partial charge is 0.361 e. The van der Waals surface area contributed by atoms with Gasteiger partial charge in [0.15, 0.2) is 0 Å². The van der Waals surface area contributed by atoms with Crippen LogP contribution in [0.5, 0.6) is 5.75 Å². The van der Waals surface area contributed by atoms with Gasteiger partial charge in [0.2, 0.25) is 0 Å². The maximum absolute atomic E-state index is 12.8. The molecule has 2 aliphatic rings. The number of ether oxygens (including phenoxy) is 1. The van der Waals surface area contributed by atoms with Crippen molar-refractivity contribution in [3.63, 3.8) is 0 Å². The van der Waals surface area contributed by atoms with Crippen molar-refractivity contribution < 1.29 is 27.2 Å². The van der Waals surface area contributed by atoms with Crippen LogP contribution in [-0.2, 0) is 30.6 Å². The maximum Gasteiger partial charge on any atom is 0.361 e. The molecule has 0 aromatic heterocycles. The molecule has 0 bridgehead atoms. The second-order valence-corrected chi connectivity index (χ2v) is 12.8. The summed E-state index contributed by atoms with van der Waals surface area (Å²) in [5, 5.41) is 1.08. The van der Waals surface area contributed by atoms with Gasteiger partial charge in [-0.1, -0.05) is 57.9 Å². The monoisotopic (exact) mass is 598 g/mol. The summed E-state index contributed by atoms with van der Waals surface area (Å²) >= 11 is 12.4. The molecule has 2 fully saturated rings. The first-order chi connectivity index (χ1) is 18.6. The van der Waals surface area contributed by atoms with Gasteiger partial charge in [0.05, 0.1) is 16.3 Å². The number of carbonyl (C=O) groups excluding carboxylic acids is 1. The number of piperidine rings is 2. The van der Waals surface area contributed by atoms with Gasteiger partial charge in [-0.05, 0) is 75.7 Å². The van der Waals surface area contributed by atoms with Crippen LogP contribution in [0.3, 0.4) is 0 Å². The molecule has 39 heavy (non-hydrogen) atoms. The summed E-state index contributed by atoms with van der Waals surface area (Å²) in [6.07, 6.45) is 5.21. The van der Waals surface area contributed by atoms with Crippen LogP contribution in [0.2, 0.25) is 10.0 Å². The highest BCUT2D eigenvalue weighted by molar-refractivity contribution is 7.85. The predicted octanol–water partition coefficient (Wildman–Crippen LogP) is 4.90. The molecular formula is C28H36Cl2N2O6S. The highest BCUT2D eigenvalue weighted by Crippen LogP contribution is 2.33. The molecule has 0 saturated carbocycles. The number of hydrogen-bond acceptors (Lipinski definition) is 8. The average Bonchev–Trinajstić information content (AvgIpc) is 2.92. The van der Waals surface area contributed by atoms with Crippen molar-refractivity contribution in [2.24, 2.45) is 5.92 Å². The Morgan fingerprint density at radius 1 is 1.00 bits per heavy atom. The second-order valence-electron chi connectivity index (χ2n) is 10.5. The fraction of sp³-hybridized carbons (Fsp3) is 0.536. The van der Waals surface area contributed by atoms with Crippen molar-refractivity contribution >= 4 is 39.3 Å². The first-order valence-electron chi connectivity index (χ1n) is 13.3. The van der Waals surface area contributed by atoms with Crippen LogP contribution >= 0.6 is 23.2 Å². The molecule has 0 unspecified atom stereocenters. The van der Waals surface area contributed by atoms with Crippen molar-refractivity contribution in [3.05, 3.63) is 63.6 Å². The van der Waals surface area contributed by atoms with E-state index in [1.807, 2.05) is 43.3 Å². The minimum atomic E-state index is -3.90. The van der Waals surface area contributed by atoms with Gasteiger partial charge in [-0.25, -0.2) is 4.79 Å². The quantitative estimate of drug-likeness (QED) is 0.282. The molecule has 0 radical (unpaired) electrons. The third-order valence-corrected chi connectivity index (χ3v) is 8.72. The molecule has 214 valence electrons. The van der Waals surface area contributed by atoms with Gasteiger partial charge in [-0.3, -0.25) is 9.79 Å². The lowest BCUT2D eigenvalue weighted by molar-refractivity contribution is -0.217. The minimum Gasteiger partial charge on any atom is -0.490 e. The van der Waals surface area contributed by atoms with Crippen molar-refractivity contribution in [1.82, 2.24) is 9.80 Å². The first-order valence-corrected chi connectivity index (χ1v) is 15.9. The Morgan fingerprint density at radius 2 is 1.67 bits per heavy atom. The lowest BCUT2D eigenvalue weighted by Gasteiger charge is -2.39. The Labute approximate surface area is 241 Å². The zero-order valence-electron chi connectivity index (χ0n) is 22.4. The van der Waals surface area contributed by atoms with Gasteiger partial charge in [0.1, 0.15) is 17.9 Å². The highest BCUT2D eigenvalue weighted by Gasteiger charge is 2.33. The summed E-state index contributed by atoms with van der Waals surface area (Å²) in [6.45, 7) is 6.33. The van der Waals surface area contributed by atoms with Crippen molar-refractivity contribution in [2.45, 2.75) is 51.2 Å². The van der Waals surface area contributed by atoms with Gasteiger partial charge < -0.3 is 9.64 Å². The van der Waals surface area contributed by atoms with E-state index in [0.717, 1.165) is 81.5 Å². The molecule has 0 spiro atoms. The molecule has 11 heteroatoms. The van der Waals surface area contributed by atoms with Crippen LogP contribution in [0, 0.1) is 12.8 Å². The van der Waals surface area contributed by atoms with Gasteiger partial charge >= 0.3 is 5.97 Å². The maximum atomic E-state index is 12.8. The lowest BCUT2D eigenvalue weighted by atomic mass is 9.93. The van der Waals surface area contributed by atoms with E-state index in [2.05, 4.69) is 14.1 Å². The van der Waals surface area contributed by atoms with Crippen molar-refractivity contribution in [3.8, 4) is 5.75 Å². The van der Waals surface area contributed by atoms with E-state index < -0.39 is 22.1 Å². The summed E-state index contributed by atoms with van der Waals surface area (Å²) in [5.74, 6) is 0.624. The van der Waals surface area contributed by atoms with E-state index in [0.29, 0.717) is 22.4 Å². The molecule has 0 amide bonds. The molecule has 4 rings (SSSR count). The van der Waals surface area contributed by atoms with Crippen LogP contribution in [0.25, 0.3) is 0 Å². The first kappa shape index (κ1) is 30.1. The molecule has 1 atom stereocenters. The zero-order valence-corrected chi connectivity index (χ0v) is 24.7. The fourth-order valence-electron chi connectivity index (χ4n) is 5.31. The Kier molecular flexibility index (Phi) is 10.5. The van der Waals surface area contributed by atoms with E-state index in [9.17, 15) is 13.2 Å². The number of halogens is 2. The average molecular weight is 600 g/mol. The third-order valence-electron chi connectivity index (χ3n) is 7.51. The SMILES string of the molecule is Cc1c(OC2CCN(CC3CCN([C@@H](Cc4ccccc4)C(=O)OOS(C)(=O)=O)CC3)CC2)ccc(Cl)c1Cl. The van der Waals surface area contributed by atoms with E-state index in [1.54, 1.807) is 6.07 Å². The van der Waals surface area contributed by atoms with Crippen LogP contribution in [0.4, 0.5) is 0 Å². The number of nitrogens with zero attached hydrogens (tertiary/aromatic N) is 2. The number of benzene rings is 2. The number of likely N-dealkylation sites (tertiary alicyclic amines) is 2. The molecule has 0 aliphatic carbocycles. The van der Waals surface area contributed by atoms with E-state index in [-0.39, 0.29) is 6.10 Å². The van der Waals surface area contributed by atoms with Crippen LogP contribution in [-0.4, -0.2) is 75.3 Å². The van der Waals surface area contributed by atoms with Crippen LogP contribution < -0.4 is 4.74 Å². The van der Waals surface area contributed by atoms with Crippen molar-refractivity contribution in [2.75, 3.05) is 39.0 Å². The number of carbonyl (C=O) groups is 1. The standard InChI is InChI=1S/C28H36Cl2N2O6S/c1-20-26(9-8-24(29)27(20)30)36-23-12-14-31(15-13-23)19-22-10-16-32(17-11-22)25(18-21-6-4-3-5-7-21)28(33)37-38-39(2,34)35/h3-9,22-23,25H,10-19H2,1-2H3/t25-/m0/s1. The van der Waals surface area contributed by atoms with Crippen LogP contribution in [0.1, 0.15) is 36.8 Å². The van der Waals surface area contributed by atoms with Crippen molar-refractivity contribution in [1.29, 1.82) is 0 Å². The van der Waals surface area contributed by atoms with Gasteiger partial charge in [-0.15, -0.1) is 0 Å². The summed E-state index contributed by atoms with van der Waals surface area (Å²) in [6, 6.07) is 12.7. The molecule has 2 aliphatic heterocycles. The highest BCUT2D eigenvalue weighted by atomic mass is 35.5. The lowest BCUT2D eigenvalue weighted by Crippen LogP contribution is -2.49. The summed E-state index contributed by atoms with van der Waals surface area (Å²) < 4.78 is 33.3. The molecule has 2 aromatic carbocycles. The normalized spacial score (nSPS) is 19.1. The Balaban J connectivity index is 1.26. The largest absolute Gasteiger partial charge is 0.490 e. The molecule has 0 N–H and O–H groups in total. The third kappa shape index (κ3) is 8.80. The van der Waals surface area contributed by atoms with E-state index >= 15 is 0 Å². The fourth-order valence-corrected chi connectivity index (χ4v) is 5.86. The Hall–Kier alpha value is -1.88. The molecule has 2 aromatic rings. The van der Waals surface area contributed by atoms with Gasteiger partial charge in [-0.2, -0.15) is 8.42 Å². The second kappa shape index (κ2) is 13.7. The van der Waals surface area contributed by atoms with Crippen LogP contribution in [0.15, 0.2) is 42.5 Å². The summed E-state index contributed by atoms with van der Waals surface area (Å²) in [7, 11) is -3.90. The minimum absolute atomic E-state index is 0.151. The summed E-state index contributed by atoms with van der Waals surface area (Å²) in [5.41, 5.74) is 1.85. The number of hydrogen-bond donors (Lipinski definition) is 0. The Bertz CT molecular complexity index is 1210. The topological polar surface area (TPSA) is 85.4 Å². The van der Waals surface area contributed by atoms with Gasteiger partial charge in [0, 0.05) is 25.2 Å².